The number of hydrogen-bond donors (Lipinski definition) is 2. The molecule has 6 nitrogen and oxygen atoms in total. The number of methoxy groups -OCH3 is 2. The first kappa shape index (κ1) is 23.7. The van der Waals surface area contributed by atoms with Crippen molar-refractivity contribution in [2.75, 3.05) is 20.8 Å². The van der Waals surface area contributed by atoms with E-state index in [1.54, 1.807) is 30.3 Å². The molecule has 0 aliphatic carbocycles. The van der Waals surface area contributed by atoms with Gasteiger partial charge in [0.1, 0.15) is 23.4 Å². The monoisotopic (exact) mass is 480 g/mol. The second kappa shape index (κ2) is 11.0. The lowest BCUT2D eigenvalue weighted by molar-refractivity contribution is -0.123. The average Bonchev–Trinajstić information content (AvgIpc) is 2.73. The molecule has 1 atom stereocenters. The predicted molar refractivity (Wildman–Crippen MR) is 116 cm³/mol. The van der Waals surface area contributed by atoms with Crippen molar-refractivity contribution in [1.29, 1.82) is 0 Å². The van der Waals surface area contributed by atoms with Crippen molar-refractivity contribution in [1.82, 2.24) is 10.6 Å². The maximum atomic E-state index is 13.9. The molecule has 0 aliphatic rings. The Morgan fingerprint density at radius 3 is 2.27 bits per heavy atom. The first-order valence-corrected chi connectivity index (χ1v) is 10.3. The van der Waals surface area contributed by atoms with Gasteiger partial charge in [-0.3, -0.25) is 9.59 Å². The van der Waals surface area contributed by atoms with E-state index in [0.717, 1.165) is 4.47 Å². The molecule has 8 heteroatoms. The second-order valence-corrected chi connectivity index (χ2v) is 7.99. The van der Waals surface area contributed by atoms with E-state index in [9.17, 15) is 14.0 Å². The van der Waals surface area contributed by atoms with Gasteiger partial charge in [0.2, 0.25) is 5.91 Å². The van der Waals surface area contributed by atoms with Crippen LogP contribution >= 0.6 is 15.9 Å². The molecule has 2 rings (SSSR count). The van der Waals surface area contributed by atoms with Crippen LogP contribution in [-0.2, 0) is 11.2 Å². The van der Waals surface area contributed by atoms with Gasteiger partial charge in [-0.2, -0.15) is 0 Å². The topological polar surface area (TPSA) is 76.7 Å². The number of nitrogens with one attached hydrogen (secondary N) is 2. The van der Waals surface area contributed by atoms with Crippen LogP contribution in [0.2, 0.25) is 0 Å². The summed E-state index contributed by atoms with van der Waals surface area (Å²) in [7, 11) is 2.99. The minimum absolute atomic E-state index is 0.149. The van der Waals surface area contributed by atoms with Crippen LogP contribution in [0.1, 0.15) is 29.8 Å². The molecule has 162 valence electrons. The first-order valence-electron chi connectivity index (χ1n) is 9.50. The van der Waals surface area contributed by atoms with Gasteiger partial charge in [-0.05, 0) is 48.2 Å². The predicted octanol–water partition coefficient (Wildman–Crippen LogP) is 3.72. The zero-order valence-electron chi connectivity index (χ0n) is 17.4. The van der Waals surface area contributed by atoms with E-state index in [0.29, 0.717) is 29.0 Å². The Hall–Kier alpha value is -2.61. The lowest BCUT2D eigenvalue weighted by Crippen LogP contribution is -2.50. The number of hydrogen-bond acceptors (Lipinski definition) is 4. The van der Waals surface area contributed by atoms with Crippen molar-refractivity contribution in [2.24, 2.45) is 5.92 Å². The molecule has 2 aromatic carbocycles. The minimum atomic E-state index is -0.748. The Labute approximate surface area is 184 Å². The molecule has 2 amide bonds. The molecule has 0 radical (unpaired) electrons. The van der Waals surface area contributed by atoms with Crippen LogP contribution in [0.3, 0.4) is 0 Å². The Morgan fingerprint density at radius 2 is 1.70 bits per heavy atom. The minimum Gasteiger partial charge on any atom is -0.497 e. The quantitative estimate of drug-likeness (QED) is 0.573. The van der Waals surface area contributed by atoms with Crippen LogP contribution < -0.4 is 20.1 Å². The summed E-state index contributed by atoms with van der Waals surface area (Å²) in [4.78, 5) is 25.4. The van der Waals surface area contributed by atoms with E-state index in [4.69, 9.17) is 9.47 Å². The van der Waals surface area contributed by atoms with Crippen LogP contribution in [0.4, 0.5) is 4.39 Å². The Morgan fingerprint density at radius 1 is 1.07 bits per heavy atom. The normalized spacial score (nSPS) is 11.7. The van der Waals surface area contributed by atoms with Crippen molar-refractivity contribution >= 4 is 27.7 Å². The summed E-state index contributed by atoms with van der Waals surface area (Å²) in [6, 6.07) is 8.73. The maximum Gasteiger partial charge on any atom is 0.252 e. The molecule has 2 aromatic rings. The smallest absolute Gasteiger partial charge is 0.252 e. The third-order valence-electron chi connectivity index (χ3n) is 4.55. The largest absolute Gasteiger partial charge is 0.497 e. The average molecular weight is 481 g/mol. The summed E-state index contributed by atoms with van der Waals surface area (Å²) in [5.74, 6) is -0.276. The van der Waals surface area contributed by atoms with Crippen LogP contribution in [0.25, 0.3) is 0 Å². The van der Waals surface area contributed by atoms with Crippen LogP contribution in [0, 0.1) is 11.7 Å². The molecule has 0 spiro atoms. The summed E-state index contributed by atoms with van der Waals surface area (Å²) >= 11 is 3.31. The molecule has 0 aromatic heterocycles. The highest BCUT2D eigenvalue weighted by atomic mass is 79.9. The summed E-state index contributed by atoms with van der Waals surface area (Å²) in [6.45, 7) is 3.92. The van der Waals surface area contributed by atoms with Crippen LogP contribution in [0.15, 0.2) is 40.9 Å². The van der Waals surface area contributed by atoms with E-state index >= 15 is 0 Å². The van der Waals surface area contributed by atoms with Gasteiger partial charge in [0.05, 0.1) is 14.2 Å². The maximum absolute atomic E-state index is 13.9. The van der Waals surface area contributed by atoms with Gasteiger partial charge in [0, 0.05) is 22.6 Å². The number of rotatable bonds is 9. The zero-order valence-corrected chi connectivity index (χ0v) is 19.0. The van der Waals surface area contributed by atoms with E-state index < -0.39 is 11.9 Å². The molecular formula is C22H26BrFN2O4. The van der Waals surface area contributed by atoms with Crippen molar-refractivity contribution in [3.63, 3.8) is 0 Å². The first-order chi connectivity index (χ1) is 14.2. The van der Waals surface area contributed by atoms with Crippen molar-refractivity contribution in [2.45, 2.75) is 26.3 Å². The van der Waals surface area contributed by atoms with Gasteiger partial charge in [-0.1, -0.05) is 29.8 Å². The van der Waals surface area contributed by atoms with Gasteiger partial charge in [-0.25, -0.2) is 4.39 Å². The molecule has 0 aliphatic heterocycles. The van der Waals surface area contributed by atoms with Gasteiger partial charge >= 0.3 is 0 Å². The van der Waals surface area contributed by atoms with Crippen molar-refractivity contribution in [3.05, 3.63) is 57.8 Å². The second-order valence-electron chi connectivity index (χ2n) is 7.07. The Bertz CT molecular complexity index is 882. The SMILES string of the molecule is COc1cc(OC)cc(C(=O)NC(C(=O)NCCc2cc(Br)ccc2F)C(C)C)c1. The molecule has 0 saturated carbocycles. The number of ether oxygens (including phenoxy) is 2. The molecule has 0 saturated heterocycles. The lowest BCUT2D eigenvalue weighted by Gasteiger charge is -2.22. The Kier molecular flexibility index (Phi) is 8.65. The summed E-state index contributed by atoms with van der Waals surface area (Å²) in [5, 5.41) is 5.54. The molecule has 0 heterocycles. The third-order valence-corrected chi connectivity index (χ3v) is 5.04. The summed E-state index contributed by atoms with van der Waals surface area (Å²) < 4.78 is 25.0. The number of carbonyl (C=O) groups is 2. The van der Waals surface area contributed by atoms with Crippen molar-refractivity contribution in [3.8, 4) is 11.5 Å². The summed E-state index contributed by atoms with van der Waals surface area (Å²) in [6.07, 6.45) is 0.336. The molecule has 0 bridgehead atoms. The number of halogens is 2. The van der Waals surface area contributed by atoms with E-state index in [-0.39, 0.29) is 24.2 Å². The van der Waals surface area contributed by atoms with E-state index in [1.807, 2.05) is 13.8 Å². The molecule has 0 fully saturated rings. The van der Waals surface area contributed by atoms with Crippen molar-refractivity contribution < 1.29 is 23.5 Å². The lowest BCUT2D eigenvalue weighted by atomic mass is 10.0. The van der Waals surface area contributed by atoms with E-state index in [1.165, 1.54) is 20.3 Å². The Balaban J connectivity index is 2.03. The summed E-state index contributed by atoms with van der Waals surface area (Å²) in [5.41, 5.74) is 0.819. The van der Waals surface area contributed by atoms with Crippen LogP contribution in [0.5, 0.6) is 11.5 Å². The van der Waals surface area contributed by atoms with Gasteiger partial charge in [0.25, 0.3) is 5.91 Å². The van der Waals surface area contributed by atoms with E-state index in [2.05, 4.69) is 26.6 Å². The third kappa shape index (κ3) is 6.45. The van der Waals surface area contributed by atoms with Gasteiger partial charge in [0.15, 0.2) is 0 Å². The molecule has 1 unspecified atom stereocenters. The molecular weight excluding hydrogens is 455 g/mol. The standard InChI is InChI=1S/C22H26BrFN2O4/c1-13(2)20(22(28)25-8-7-14-9-16(23)5-6-19(14)24)26-21(27)15-10-17(29-3)12-18(11-15)30-4/h5-6,9-13,20H,7-8H2,1-4H3,(H,25,28)(H,26,27). The fourth-order valence-corrected chi connectivity index (χ4v) is 3.27. The van der Waals surface area contributed by atoms with Gasteiger partial charge in [-0.15, -0.1) is 0 Å². The highest BCUT2D eigenvalue weighted by Crippen LogP contribution is 2.22. The van der Waals surface area contributed by atoms with Gasteiger partial charge < -0.3 is 20.1 Å². The number of amides is 2. The zero-order chi connectivity index (χ0) is 22.3. The fraction of sp³-hybridized carbons (Fsp3) is 0.364. The molecule has 2 N–H and O–H groups in total. The number of benzene rings is 2. The highest BCUT2D eigenvalue weighted by Gasteiger charge is 2.25. The fourth-order valence-electron chi connectivity index (χ4n) is 2.86. The number of carbonyl (C=O) groups excluding carboxylic acids is 2. The highest BCUT2D eigenvalue weighted by molar-refractivity contribution is 9.10. The van der Waals surface area contributed by atoms with Crippen LogP contribution in [-0.4, -0.2) is 38.6 Å². The molecule has 30 heavy (non-hydrogen) atoms.